The molecule has 2 rings (SSSR count). The van der Waals surface area contributed by atoms with E-state index in [2.05, 4.69) is 6.92 Å². The molecule has 0 aliphatic carbocycles. The highest BCUT2D eigenvalue weighted by Gasteiger charge is 2.50. The van der Waals surface area contributed by atoms with Crippen LogP contribution in [0.2, 0.25) is 0 Å². The number of ether oxygens (including phenoxy) is 4. The third-order valence-corrected chi connectivity index (χ3v) is 5.69. The second-order valence-corrected chi connectivity index (χ2v) is 8.19. The van der Waals surface area contributed by atoms with Gasteiger partial charge in [-0.25, -0.2) is 0 Å². The molecule has 0 aromatic rings. The average Bonchev–Trinajstić information content (AvgIpc) is 2.78. The maximum Gasteiger partial charge on any atom is 0.305 e. The first-order chi connectivity index (χ1) is 15.2. The molecule has 2 saturated heterocycles. The van der Waals surface area contributed by atoms with Crippen LogP contribution in [0.4, 0.5) is 0 Å². The maximum absolute atomic E-state index is 12.0. The van der Waals surface area contributed by atoms with Crippen molar-refractivity contribution in [3.63, 3.8) is 0 Å². The second-order valence-electron chi connectivity index (χ2n) is 8.19. The van der Waals surface area contributed by atoms with Gasteiger partial charge in [-0.1, -0.05) is 32.6 Å². The summed E-state index contributed by atoms with van der Waals surface area (Å²) in [6.07, 6.45) is -11.0. The van der Waals surface area contributed by atoms with Crippen LogP contribution in [0.25, 0.3) is 0 Å². The number of hydrogen-bond donors (Lipinski definition) is 7. The molecule has 0 aromatic carbocycles. The summed E-state index contributed by atoms with van der Waals surface area (Å²) in [5.74, 6) is -0.508. The Bertz CT molecular complexity index is 561. The van der Waals surface area contributed by atoms with Gasteiger partial charge < -0.3 is 54.7 Å². The van der Waals surface area contributed by atoms with Gasteiger partial charge in [0.05, 0.1) is 6.61 Å². The lowest BCUT2D eigenvalue weighted by Gasteiger charge is -2.45. The van der Waals surface area contributed by atoms with Crippen LogP contribution in [0.5, 0.6) is 0 Å². The minimum Gasteiger partial charge on any atom is -0.463 e. The van der Waals surface area contributed by atoms with Gasteiger partial charge in [-0.15, -0.1) is 0 Å². The molecule has 188 valence electrons. The smallest absolute Gasteiger partial charge is 0.305 e. The highest BCUT2D eigenvalue weighted by atomic mass is 16.7. The van der Waals surface area contributed by atoms with Crippen molar-refractivity contribution in [2.45, 2.75) is 107 Å². The monoisotopic (exact) mass is 468 g/mol. The maximum atomic E-state index is 12.0. The van der Waals surface area contributed by atoms with Crippen LogP contribution in [0, 0.1) is 0 Å². The first-order valence-corrected chi connectivity index (χ1v) is 11.0. The van der Waals surface area contributed by atoms with Gasteiger partial charge in [0.15, 0.2) is 12.6 Å². The third kappa shape index (κ3) is 7.03. The number of rotatable bonds is 11. The topological polar surface area (TPSA) is 196 Å². The lowest BCUT2D eigenvalue weighted by Crippen LogP contribution is -2.64. The van der Waals surface area contributed by atoms with Crippen molar-refractivity contribution in [3.8, 4) is 0 Å². The van der Waals surface area contributed by atoms with E-state index in [-0.39, 0.29) is 6.42 Å². The second kappa shape index (κ2) is 13.1. The summed E-state index contributed by atoms with van der Waals surface area (Å²) in [6.45, 7) is 0.979. The zero-order valence-corrected chi connectivity index (χ0v) is 18.1. The quantitative estimate of drug-likeness (QED) is 0.125. The number of carbonyl (C=O) groups is 1. The molecule has 0 bridgehead atoms. The van der Waals surface area contributed by atoms with E-state index in [4.69, 9.17) is 18.9 Å². The van der Waals surface area contributed by atoms with Crippen LogP contribution in [0.3, 0.4) is 0 Å². The van der Waals surface area contributed by atoms with Crippen molar-refractivity contribution >= 4 is 5.97 Å². The molecule has 0 saturated carbocycles. The van der Waals surface area contributed by atoms with Crippen molar-refractivity contribution in [2.75, 3.05) is 13.2 Å². The molecule has 12 nitrogen and oxygen atoms in total. The van der Waals surface area contributed by atoms with E-state index < -0.39 is 80.6 Å². The molecule has 7 N–H and O–H groups in total. The Kier molecular flexibility index (Phi) is 11.2. The van der Waals surface area contributed by atoms with Crippen LogP contribution in [0.1, 0.15) is 45.4 Å². The van der Waals surface area contributed by atoms with Gasteiger partial charge in [-0.05, 0) is 6.42 Å². The Morgan fingerprint density at radius 1 is 0.812 bits per heavy atom. The van der Waals surface area contributed by atoms with Gasteiger partial charge in [0.25, 0.3) is 0 Å². The standard InChI is InChI=1S/C20H36O12/c1-2-3-4-5-6-7-12(22)29-9-11-18(15(25)16(26)19(28)30-11)32-20-17(27)14(24)13(23)10(8-21)31-20/h10-11,13-21,23-28H,2-9H2,1H3/t10-,11-,13-,14+,15-,16-,17-,18-,19+,20-/m1/s1. The minimum absolute atomic E-state index is 0.183. The lowest BCUT2D eigenvalue weighted by atomic mass is 9.97. The summed E-state index contributed by atoms with van der Waals surface area (Å²) in [6, 6.07) is 0. The van der Waals surface area contributed by atoms with Crippen molar-refractivity contribution in [1.82, 2.24) is 0 Å². The summed E-state index contributed by atoms with van der Waals surface area (Å²) in [5.41, 5.74) is 0. The number of carbonyl (C=O) groups excluding carboxylic acids is 1. The predicted molar refractivity (Wildman–Crippen MR) is 106 cm³/mol. The number of hydrogen-bond acceptors (Lipinski definition) is 12. The van der Waals surface area contributed by atoms with E-state index in [0.717, 1.165) is 25.7 Å². The molecule has 0 spiro atoms. The van der Waals surface area contributed by atoms with Crippen LogP contribution >= 0.6 is 0 Å². The third-order valence-electron chi connectivity index (χ3n) is 5.69. The van der Waals surface area contributed by atoms with Gasteiger partial charge >= 0.3 is 5.97 Å². The Morgan fingerprint density at radius 3 is 2.16 bits per heavy atom. The molecule has 2 aliphatic heterocycles. The van der Waals surface area contributed by atoms with Gasteiger partial charge in [-0.2, -0.15) is 0 Å². The fourth-order valence-electron chi connectivity index (χ4n) is 3.68. The summed E-state index contributed by atoms with van der Waals surface area (Å²) >= 11 is 0. The molecule has 0 aromatic heterocycles. The van der Waals surface area contributed by atoms with E-state index >= 15 is 0 Å². The summed E-state index contributed by atoms with van der Waals surface area (Å²) < 4.78 is 21.1. The molecular weight excluding hydrogens is 432 g/mol. The average molecular weight is 468 g/mol. The number of unbranched alkanes of at least 4 members (excludes halogenated alkanes) is 4. The first-order valence-electron chi connectivity index (χ1n) is 11.0. The fraction of sp³-hybridized carbons (Fsp3) is 0.950. The lowest BCUT2D eigenvalue weighted by molar-refractivity contribution is -0.355. The molecule has 0 unspecified atom stereocenters. The van der Waals surface area contributed by atoms with E-state index in [1.54, 1.807) is 0 Å². The molecule has 0 amide bonds. The van der Waals surface area contributed by atoms with Crippen LogP contribution in [-0.2, 0) is 23.7 Å². The highest BCUT2D eigenvalue weighted by Crippen LogP contribution is 2.29. The predicted octanol–water partition coefficient (Wildman–Crippen LogP) is -2.49. The molecule has 12 heteroatoms. The minimum atomic E-state index is -1.78. The van der Waals surface area contributed by atoms with E-state index in [0.29, 0.717) is 6.42 Å². The first kappa shape index (κ1) is 27.3. The Labute approximate surface area is 186 Å². The largest absolute Gasteiger partial charge is 0.463 e. The molecular formula is C20H36O12. The molecule has 10 atom stereocenters. The van der Waals surface area contributed by atoms with Crippen molar-refractivity contribution in [2.24, 2.45) is 0 Å². The zero-order valence-electron chi connectivity index (χ0n) is 18.1. The number of aliphatic hydroxyl groups is 7. The number of esters is 1. The van der Waals surface area contributed by atoms with Crippen LogP contribution in [-0.4, -0.2) is 116 Å². The van der Waals surface area contributed by atoms with Crippen molar-refractivity contribution in [1.29, 1.82) is 0 Å². The van der Waals surface area contributed by atoms with Crippen LogP contribution in [0.15, 0.2) is 0 Å². The summed E-state index contributed by atoms with van der Waals surface area (Å²) in [7, 11) is 0. The summed E-state index contributed by atoms with van der Waals surface area (Å²) in [5, 5.41) is 69.4. The van der Waals surface area contributed by atoms with Gasteiger partial charge in [0, 0.05) is 6.42 Å². The number of aliphatic hydroxyl groups excluding tert-OH is 7. The SMILES string of the molecule is CCCCCCCC(=O)OC[C@H]1O[C@H](O)[C@H](O)[C@@H](O)[C@@H]1O[C@H]1O[C@H](CO)[C@@H](O)[C@H](O)[C@H]1O. The molecule has 2 aliphatic rings. The Hall–Kier alpha value is -0.930. The molecule has 32 heavy (non-hydrogen) atoms. The zero-order chi connectivity index (χ0) is 23.8. The Morgan fingerprint density at radius 2 is 1.50 bits per heavy atom. The van der Waals surface area contributed by atoms with E-state index in [1.807, 2.05) is 0 Å². The van der Waals surface area contributed by atoms with Gasteiger partial charge in [0.2, 0.25) is 0 Å². The van der Waals surface area contributed by atoms with Gasteiger partial charge in [0.1, 0.15) is 55.4 Å². The van der Waals surface area contributed by atoms with Gasteiger partial charge in [-0.3, -0.25) is 4.79 Å². The van der Waals surface area contributed by atoms with Crippen molar-refractivity contribution < 1.29 is 59.5 Å². The molecule has 2 heterocycles. The molecule has 2 fully saturated rings. The van der Waals surface area contributed by atoms with E-state index in [1.165, 1.54) is 0 Å². The molecule has 0 radical (unpaired) electrons. The van der Waals surface area contributed by atoms with E-state index in [9.17, 15) is 40.5 Å². The van der Waals surface area contributed by atoms with Crippen molar-refractivity contribution in [3.05, 3.63) is 0 Å². The highest BCUT2D eigenvalue weighted by molar-refractivity contribution is 5.69. The normalized spacial score (nSPS) is 40.2. The van der Waals surface area contributed by atoms with Crippen LogP contribution < -0.4 is 0 Å². The Balaban J connectivity index is 1.98. The summed E-state index contributed by atoms with van der Waals surface area (Å²) in [4.78, 5) is 12.0. The fourth-order valence-corrected chi connectivity index (χ4v) is 3.68.